The van der Waals surface area contributed by atoms with Gasteiger partial charge in [0.1, 0.15) is 5.82 Å². The van der Waals surface area contributed by atoms with Crippen molar-refractivity contribution in [3.8, 4) is 11.5 Å². The van der Waals surface area contributed by atoms with Gasteiger partial charge in [0.25, 0.3) is 11.8 Å². The molecule has 26 heavy (non-hydrogen) atoms. The van der Waals surface area contributed by atoms with Crippen molar-refractivity contribution in [2.75, 3.05) is 13.1 Å². The molecule has 1 aromatic carbocycles. The minimum absolute atomic E-state index is 0.136. The summed E-state index contributed by atoms with van der Waals surface area (Å²) >= 11 is 0. The molecule has 7 nitrogen and oxygen atoms in total. The van der Waals surface area contributed by atoms with Crippen LogP contribution in [0.1, 0.15) is 28.5 Å². The van der Waals surface area contributed by atoms with Crippen LogP contribution in [0.5, 0.6) is 0 Å². The molecule has 134 valence electrons. The maximum absolute atomic E-state index is 13.0. The number of carbonyl (C=O) groups is 1. The van der Waals surface area contributed by atoms with Crippen LogP contribution in [0, 0.1) is 18.7 Å². The van der Waals surface area contributed by atoms with Gasteiger partial charge in [0.2, 0.25) is 5.76 Å². The van der Waals surface area contributed by atoms with Gasteiger partial charge in [-0.05, 0) is 43.5 Å². The fourth-order valence-corrected chi connectivity index (χ4v) is 3.14. The molecule has 3 heterocycles. The number of hydrogen-bond donors (Lipinski definition) is 0. The van der Waals surface area contributed by atoms with Gasteiger partial charge in [0.15, 0.2) is 12.2 Å². The van der Waals surface area contributed by atoms with Crippen molar-refractivity contribution in [2.24, 2.45) is 5.92 Å². The molecule has 1 atom stereocenters. The molecule has 8 heteroatoms. The summed E-state index contributed by atoms with van der Waals surface area (Å²) in [6.45, 7) is 3.02. The lowest BCUT2D eigenvalue weighted by Gasteiger charge is -2.14. The third kappa shape index (κ3) is 3.22. The Hall–Kier alpha value is -3.03. The number of likely N-dealkylation sites (tertiary alicyclic amines) is 1. The highest BCUT2D eigenvalue weighted by Gasteiger charge is 2.30. The van der Waals surface area contributed by atoms with Crippen molar-refractivity contribution in [2.45, 2.75) is 19.8 Å². The molecule has 4 rings (SSSR count). The Morgan fingerprint density at radius 1 is 1.35 bits per heavy atom. The molecule has 0 bridgehead atoms. The smallest absolute Gasteiger partial charge is 0.291 e. The highest BCUT2D eigenvalue weighted by molar-refractivity contribution is 5.92. The molecular formula is C18H17FN4O3. The lowest BCUT2D eigenvalue weighted by Crippen LogP contribution is -2.29. The van der Waals surface area contributed by atoms with Crippen molar-refractivity contribution >= 4 is 5.91 Å². The molecule has 1 aliphatic rings. The van der Waals surface area contributed by atoms with E-state index in [-0.39, 0.29) is 17.6 Å². The first-order valence-corrected chi connectivity index (χ1v) is 8.38. The molecule has 1 amide bonds. The van der Waals surface area contributed by atoms with Crippen LogP contribution in [0.25, 0.3) is 11.5 Å². The fourth-order valence-electron chi connectivity index (χ4n) is 3.14. The van der Waals surface area contributed by atoms with Gasteiger partial charge >= 0.3 is 0 Å². The van der Waals surface area contributed by atoms with Crippen LogP contribution in [0.2, 0.25) is 0 Å². The van der Waals surface area contributed by atoms with Gasteiger partial charge in [-0.1, -0.05) is 5.16 Å². The summed E-state index contributed by atoms with van der Waals surface area (Å²) in [5.41, 5.74) is 1.27. The van der Waals surface area contributed by atoms with Crippen molar-refractivity contribution in [3.63, 3.8) is 0 Å². The molecule has 1 saturated heterocycles. The van der Waals surface area contributed by atoms with Crippen LogP contribution >= 0.6 is 0 Å². The molecular weight excluding hydrogens is 339 g/mol. The number of oxazole rings is 1. The Balaban J connectivity index is 1.39. The van der Waals surface area contributed by atoms with Crippen LogP contribution in [0.15, 0.2) is 39.6 Å². The van der Waals surface area contributed by atoms with Gasteiger partial charge in [0, 0.05) is 25.1 Å². The maximum Gasteiger partial charge on any atom is 0.291 e. The standard InChI is InChI=1S/C18H17FN4O3/c1-11-16(25-10-20-11)18(24)23-7-6-12(9-23)8-15-21-17(26-22-15)13-2-4-14(19)5-3-13/h2-5,10,12H,6-9H2,1H3. The SMILES string of the molecule is Cc1ncoc1C(=O)N1CCC(Cc2noc(-c3ccc(F)cc3)n2)C1. The zero-order chi connectivity index (χ0) is 18.1. The first kappa shape index (κ1) is 16.4. The number of carbonyl (C=O) groups excluding carboxylic acids is 1. The number of nitrogens with zero attached hydrogens (tertiary/aromatic N) is 4. The average Bonchev–Trinajstić information content (AvgIpc) is 3.37. The topological polar surface area (TPSA) is 85.3 Å². The summed E-state index contributed by atoms with van der Waals surface area (Å²) in [5.74, 6) is 1.04. The lowest BCUT2D eigenvalue weighted by atomic mass is 10.1. The van der Waals surface area contributed by atoms with E-state index in [4.69, 9.17) is 8.94 Å². The molecule has 0 radical (unpaired) electrons. The Bertz CT molecular complexity index is 919. The third-order valence-corrected chi connectivity index (χ3v) is 4.54. The Kier molecular flexibility index (Phi) is 4.24. The predicted octanol–water partition coefficient (Wildman–Crippen LogP) is 2.88. The summed E-state index contributed by atoms with van der Waals surface area (Å²) in [4.78, 5) is 22.6. The minimum Gasteiger partial charge on any atom is -0.438 e. The number of aryl methyl sites for hydroxylation is 1. The van der Waals surface area contributed by atoms with Crippen LogP contribution in [-0.2, 0) is 6.42 Å². The second-order valence-corrected chi connectivity index (χ2v) is 6.40. The Morgan fingerprint density at radius 3 is 2.88 bits per heavy atom. The van der Waals surface area contributed by atoms with Crippen LogP contribution in [0.3, 0.4) is 0 Å². The number of rotatable bonds is 4. The number of aromatic nitrogens is 3. The maximum atomic E-state index is 13.0. The first-order chi connectivity index (χ1) is 12.6. The lowest BCUT2D eigenvalue weighted by molar-refractivity contribution is 0.0754. The zero-order valence-electron chi connectivity index (χ0n) is 14.2. The third-order valence-electron chi connectivity index (χ3n) is 4.54. The highest BCUT2D eigenvalue weighted by atomic mass is 19.1. The molecule has 2 aromatic heterocycles. The van der Waals surface area contributed by atoms with Crippen molar-refractivity contribution in [1.82, 2.24) is 20.0 Å². The highest BCUT2D eigenvalue weighted by Crippen LogP contribution is 2.24. The van der Waals surface area contributed by atoms with Crippen LogP contribution < -0.4 is 0 Å². The van der Waals surface area contributed by atoms with Gasteiger partial charge < -0.3 is 13.8 Å². The van der Waals surface area contributed by atoms with E-state index in [9.17, 15) is 9.18 Å². The van der Waals surface area contributed by atoms with Gasteiger partial charge in [0.05, 0.1) is 5.69 Å². The molecule has 1 aliphatic heterocycles. The van der Waals surface area contributed by atoms with E-state index in [2.05, 4.69) is 15.1 Å². The minimum atomic E-state index is -0.314. The summed E-state index contributed by atoms with van der Waals surface area (Å²) < 4.78 is 23.4. The van der Waals surface area contributed by atoms with E-state index in [1.807, 2.05) is 0 Å². The summed E-state index contributed by atoms with van der Waals surface area (Å²) in [6, 6.07) is 5.90. The second kappa shape index (κ2) is 6.70. The zero-order valence-corrected chi connectivity index (χ0v) is 14.2. The van der Waals surface area contributed by atoms with Gasteiger partial charge in [-0.15, -0.1) is 0 Å². The second-order valence-electron chi connectivity index (χ2n) is 6.40. The Labute approximate surface area is 148 Å². The molecule has 3 aromatic rings. The molecule has 0 aliphatic carbocycles. The molecule has 1 unspecified atom stereocenters. The van der Waals surface area contributed by atoms with E-state index >= 15 is 0 Å². The molecule has 0 spiro atoms. The van der Waals surface area contributed by atoms with Crippen LogP contribution in [0.4, 0.5) is 4.39 Å². The quantitative estimate of drug-likeness (QED) is 0.714. The predicted molar refractivity (Wildman–Crippen MR) is 88.6 cm³/mol. The monoisotopic (exact) mass is 356 g/mol. The average molecular weight is 356 g/mol. The van der Waals surface area contributed by atoms with Gasteiger partial charge in [-0.3, -0.25) is 4.79 Å². The number of halogens is 1. The summed E-state index contributed by atoms with van der Waals surface area (Å²) in [5, 5.41) is 4.00. The van der Waals surface area contributed by atoms with E-state index < -0.39 is 0 Å². The number of hydrogen-bond acceptors (Lipinski definition) is 6. The van der Waals surface area contributed by atoms with E-state index in [0.717, 1.165) is 6.42 Å². The first-order valence-electron chi connectivity index (χ1n) is 8.38. The number of amides is 1. The number of benzene rings is 1. The van der Waals surface area contributed by atoms with Crippen molar-refractivity contribution in [3.05, 3.63) is 53.8 Å². The molecule has 1 fully saturated rings. The van der Waals surface area contributed by atoms with E-state index in [1.54, 1.807) is 24.0 Å². The molecule has 0 saturated carbocycles. The summed E-state index contributed by atoms with van der Waals surface area (Å²) in [7, 11) is 0. The van der Waals surface area contributed by atoms with Gasteiger partial charge in [-0.2, -0.15) is 4.98 Å². The molecule has 0 N–H and O–H groups in total. The van der Waals surface area contributed by atoms with E-state index in [1.165, 1.54) is 18.5 Å². The Morgan fingerprint density at radius 2 is 2.15 bits per heavy atom. The normalized spacial score (nSPS) is 17.0. The van der Waals surface area contributed by atoms with Crippen molar-refractivity contribution < 1.29 is 18.1 Å². The fraction of sp³-hybridized carbons (Fsp3) is 0.333. The van der Waals surface area contributed by atoms with Gasteiger partial charge in [-0.25, -0.2) is 9.37 Å². The summed E-state index contributed by atoms with van der Waals surface area (Å²) in [6.07, 6.45) is 2.76. The van der Waals surface area contributed by atoms with Crippen molar-refractivity contribution in [1.29, 1.82) is 0 Å². The van der Waals surface area contributed by atoms with E-state index in [0.29, 0.717) is 48.2 Å². The largest absolute Gasteiger partial charge is 0.438 e. The van der Waals surface area contributed by atoms with Crippen LogP contribution in [-0.4, -0.2) is 39.0 Å².